The molecule has 1 aliphatic heterocycles. The molecule has 0 spiro atoms. The van der Waals surface area contributed by atoms with Gasteiger partial charge in [-0.15, -0.1) is 0 Å². The molecule has 2 rings (SSSR count). The Kier molecular flexibility index (Phi) is 4.95. The monoisotopic (exact) mass is 269 g/mol. The van der Waals surface area contributed by atoms with E-state index in [1.165, 1.54) is 30.8 Å². The van der Waals surface area contributed by atoms with Crippen LogP contribution in [0.4, 0.5) is 5.13 Å². The van der Waals surface area contributed by atoms with Crippen LogP contribution in [0.25, 0.3) is 0 Å². The lowest BCUT2D eigenvalue weighted by Crippen LogP contribution is -2.42. The Hall–Kier alpha value is -0.680. The number of hydrogen-bond donors (Lipinski definition) is 0. The largest absolute Gasteiger partial charge is 0.384 e. The van der Waals surface area contributed by atoms with E-state index < -0.39 is 0 Å². The number of ether oxygens (including phenoxy) is 1. The van der Waals surface area contributed by atoms with Crippen molar-refractivity contribution in [2.75, 3.05) is 25.2 Å². The molecule has 0 aromatic carbocycles. The molecule has 1 aromatic rings. The molecule has 1 saturated heterocycles. The number of aromatic nitrogens is 2. The van der Waals surface area contributed by atoms with Crippen LogP contribution in [-0.4, -0.2) is 35.7 Å². The summed E-state index contributed by atoms with van der Waals surface area (Å²) >= 11 is 1.54. The number of rotatable bonds is 5. The van der Waals surface area contributed by atoms with Crippen molar-refractivity contribution >= 4 is 16.7 Å². The summed E-state index contributed by atoms with van der Waals surface area (Å²) in [5.74, 6) is 1.60. The van der Waals surface area contributed by atoms with E-state index in [-0.39, 0.29) is 0 Å². The zero-order chi connectivity index (χ0) is 13.0. The number of hydrogen-bond acceptors (Lipinski definition) is 5. The molecule has 2 heterocycles. The molecule has 1 aliphatic rings. The van der Waals surface area contributed by atoms with Gasteiger partial charge in [0.1, 0.15) is 5.82 Å². The Morgan fingerprint density at radius 1 is 1.44 bits per heavy atom. The summed E-state index contributed by atoms with van der Waals surface area (Å²) in [5.41, 5.74) is 0. The fourth-order valence-electron chi connectivity index (χ4n) is 2.54. The van der Waals surface area contributed by atoms with Crippen molar-refractivity contribution in [2.45, 2.75) is 45.6 Å². The van der Waals surface area contributed by atoms with Gasteiger partial charge in [0.25, 0.3) is 0 Å². The van der Waals surface area contributed by atoms with E-state index in [0.29, 0.717) is 18.6 Å². The lowest BCUT2D eigenvalue weighted by molar-refractivity contribution is 0.201. The normalized spacial score (nSPS) is 20.7. The molecule has 4 nitrogen and oxygen atoms in total. The number of piperidine rings is 1. The summed E-state index contributed by atoms with van der Waals surface area (Å²) in [6.45, 7) is 6.43. The summed E-state index contributed by atoms with van der Waals surface area (Å²) in [6, 6.07) is 0.627. The molecule has 1 unspecified atom stereocenters. The zero-order valence-electron chi connectivity index (χ0n) is 11.6. The first-order valence-corrected chi connectivity index (χ1v) is 7.58. The van der Waals surface area contributed by atoms with Gasteiger partial charge < -0.3 is 9.64 Å². The van der Waals surface area contributed by atoms with Crippen molar-refractivity contribution in [1.82, 2.24) is 9.36 Å². The van der Waals surface area contributed by atoms with E-state index in [9.17, 15) is 0 Å². The van der Waals surface area contributed by atoms with E-state index in [2.05, 4.69) is 28.1 Å². The average Bonchev–Trinajstić information content (AvgIpc) is 2.85. The first kappa shape index (κ1) is 13.7. The zero-order valence-corrected chi connectivity index (χ0v) is 12.4. The van der Waals surface area contributed by atoms with Crippen LogP contribution < -0.4 is 4.90 Å². The topological polar surface area (TPSA) is 38.2 Å². The van der Waals surface area contributed by atoms with Crippen LogP contribution in [0.15, 0.2) is 0 Å². The lowest BCUT2D eigenvalue weighted by Gasteiger charge is -2.37. The number of nitrogens with zero attached hydrogens (tertiary/aromatic N) is 3. The molecular formula is C13H23N3OS. The molecular weight excluding hydrogens is 246 g/mol. The van der Waals surface area contributed by atoms with E-state index >= 15 is 0 Å². The van der Waals surface area contributed by atoms with Crippen LogP contribution in [0.5, 0.6) is 0 Å². The fraction of sp³-hybridized carbons (Fsp3) is 0.846. The minimum Gasteiger partial charge on any atom is -0.384 e. The van der Waals surface area contributed by atoms with Gasteiger partial charge in [-0.2, -0.15) is 4.37 Å². The van der Waals surface area contributed by atoms with Crippen molar-refractivity contribution < 1.29 is 4.74 Å². The van der Waals surface area contributed by atoms with Gasteiger partial charge in [-0.25, -0.2) is 4.98 Å². The van der Waals surface area contributed by atoms with Crippen LogP contribution in [0, 0.1) is 5.92 Å². The first-order chi connectivity index (χ1) is 8.72. The Bertz CT molecular complexity index is 367. The van der Waals surface area contributed by atoms with E-state index in [0.717, 1.165) is 23.9 Å². The second kappa shape index (κ2) is 6.48. The molecule has 1 atom stereocenters. The standard InChI is InChI=1S/C13H23N3OS/c1-10(2)11-6-4-5-8-16(11)13-14-12(15-18-13)7-9-17-3/h10-11H,4-9H2,1-3H3. The minimum absolute atomic E-state index is 0.627. The third kappa shape index (κ3) is 3.20. The molecule has 0 bridgehead atoms. The van der Waals surface area contributed by atoms with Crippen LogP contribution in [0.2, 0.25) is 0 Å². The molecule has 0 amide bonds. The highest BCUT2D eigenvalue weighted by Gasteiger charge is 2.27. The average molecular weight is 269 g/mol. The predicted octanol–water partition coefficient (Wildman–Crippen LogP) is 2.74. The van der Waals surface area contributed by atoms with Crippen LogP contribution in [-0.2, 0) is 11.2 Å². The quantitative estimate of drug-likeness (QED) is 0.824. The van der Waals surface area contributed by atoms with Gasteiger partial charge in [-0.1, -0.05) is 13.8 Å². The molecule has 18 heavy (non-hydrogen) atoms. The maximum Gasteiger partial charge on any atom is 0.205 e. The third-order valence-electron chi connectivity index (χ3n) is 3.55. The van der Waals surface area contributed by atoms with Gasteiger partial charge in [0.05, 0.1) is 6.61 Å². The summed E-state index contributed by atoms with van der Waals surface area (Å²) in [4.78, 5) is 7.12. The van der Waals surface area contributed by atoms with Gasteiger partial charge in [0, 0.05) is 37.6 Å². The maximum atomic E-state index is 5.07. The Balaban J connectivity index is 2.06. The maximum absolute atomic E-state index is 5.07. The highest BCUT2D eigenvalue weighted by molar-refractivity contribution is 7.09. The predicted molar refractivity (Wildman–Crippen MR) is 75.3 cm³/mol. The Morgan fingerprint density at radius 2 is 2.28 bits per heavy atom. The minimum atomic E-state index is 0.627. The Labute approximate surface area is 114 Å². The highest BCUT2D eigenvalue weighted by Crippen LogP contribution is 2.29. The molecule has 0 N–H and O–H groups in total. The smallest absolute Gasteiger partial charge is 0.205 e. The summed E-state index contributed by atoms with van der Waals surface area (Å²) in [7, 11) is 1.71. The van der Waals surface area contributed by atoms with Gasteiger partial charge >= 0.3 is 0 Å². The van der Waals surface area contributed by atoms with Gasteiger partial charge in [-0.05, 0) is 25.2 Å². The second-order valence-electron chi connectivity index (χ2n) is 5.24. The van der Waals surface area contributed by atoms with Crippen LogP contribution in [0.3, 0.4) is 0 Å². The summed E-state index contributed by atoms with van der Waals surface area (Å²) < 4.78 is 9.50. The van der Waals surface area contributed by atoms with Gasteiger partial charge in [-0.3, -0.25) is 0 Å². The Morgan fingerprint density at radius 3 is 3.00 bits per heavy atom. The van der Waals surface area contributed by atoms with E-state index in [1.807, 2.05) is 0 Å². The summed E-state index contributed by atoms with van der Waals surface area (Å²) in [6.07, 6.45) is 4.71. The van der Waals surface area contributed by atoms with Crippen molar-refractivity contribution in [3.63, 3.8) is 0 Å². The van der Waals surface area contributed by atoms with Crippen molar-refractivity contribution in [2.24, 2.45) is 5.92 Å². The molecule has 0 saturated carbocycles. The highest BCUT2D eigenvalue weighted by atomic mass is 32.1. The molecule has 0 radical (unpaired) electrons. The van der Waals surface area contributed by atoms with Crippen molar-refractivity contribution in [1.29, 1.82) is 0 Å². The van der Waals surface area contributed by atoms with Crippen molar-refractivity contribution in [3.05, 3.63) is 5.82 Å². The third-order valence-corrected chi connectivity index (χ3v) is 4.34. The fourth-order valence-corrected chi connectivity index (χ4v) is 3.34. The van der Waals surface area contributed by atoms with Crippen LogP contribution in [0.1, 0.15) is 38.9 Å². The molecule has 1 aromatic heterocycles. The lowest BCUT2D eigenvalue weighted by atomic mass is 9.93. The van der Waals surface area contributed by atoms with Crippen LogP contribution >= 0.6 is 11.5 Å². The first-order valence-electron chi connectivity index (χ1n) is 6.80. The summed E-state index contributed by atoms with van der Waals surface area (Å²) in [5, 5.41) is 1.10. The molecule has 1 fully saturated rings. The van der Waals surface area contributed by atoms with E-state index in [4.69, 9.17) is 4.74 Å². The molecule has 5 heteroatoms. The SMILES string of the molecule is COCCc1nsc(N2CCCCC2C(C)C)n1. The number of anilines is 1. The van der Waals surface area contributed by atoms with Gasteiger partial charge in [0.2, 0.25) is 5.13 Å². The molecule has 0 aliphatic carbocycles. The second-order valence-corrected chi connectivity index (χ2v) is 5.97. The molecule has 102 valence electrons. The number of methoxy groups -OCH3 is 1. The van der Waals surface area contributed by atoms with E-state index in [1.54, 1.807) is 7.11 Å². The van der Waals surface area contributed by atoms with Crippen molar-refractivity contribution in [3.8, 4) is 0 Å². The van der Waals surface area contributed by atoms with Gasteiger partial charge in [0.15, 0.2) is 0 Å².